The lowest BCUT2D eigenvalue weighted by Gasteiger charge is -2.34. The van der Waals surface area contributed by atoms with Crippen LogP contribution in [0.5, 0.6) is 0 Å². The fourth-order valence-corrected chi connectivity index (χ4v) is 3.36. The predicted molar refractivity (Wildman–Crippen MR) is 91.7 cm³/mol. The van der Waals surface area contributed by atoms with E-state index in [0.29, 0.717) is 0 Å². The highest BCUT2D eigenvalue weighted by Crippen LogP contribution is 2.45. The van der Waals surface area contributed by atoms with Gasteiger partial charge in [0.05, 0.1) is 18.8 Å². The SMILES string of the molecule is CC1(C)CB(c2cccc(CN3CCOCC3)c2)OC1(C)C. The van der Waals surface area contributed by atoms with Crippen molar-refractivity contribution in [3.8, 4) is 0 Å². The van der Waals surface area contributed by atoms with Crippen LogP contribution >= 0.6 is 0 Å². The number of nitrogens with zero attached hydrogens (tertiary/aromatic N) is 1. The topological polar surface area (TPSA) is 21.7 Å². The Balaban J connectivity index is 1.72. The zero-order valence-electron chi connectivity index (χ0n) is 14.4. The number of morpholine rings is 1. The Morgan fingerprint density at radius 1 is 1.14 bits per heavy atom. The van der Waals surface area contributed by atoms with Gasteiger partial charge < -0.3 is 9.39 Å². The third-order valence-electron chi connectivity index (χ3n) is 5.60. The Morgan fingerprint density at radius 3 is 2.50 bits per heavy atom. The van der Waals surface area contributed by atoms with Crippen LogP contribution in [0.2, 0.25) is 6.32 Å². The van der Waals surface area contributed by atoms with E-state index < -0.39 is 0 Å². The fraction of sp³-hybridized carbons (Fsp3) is 0.667. The van der Waals surface area contributed by atoms with Crippen molar-refractivity contribution in [2.45, 2.75) is 46.2 Å². The van der Waals surface area contributed by atoms with Crippen molar-refractivity contribution < 1.29 is 9.39 Å². The highest BCUT2D eigenvalue weighted by atomic mass is 16.5. The number of rotatable bonds is 3. The summed E-state index contributed by atoms with van der Waals surface area (Å²) in [5, 5.41) is 0. The highest BCUT2D eigenvalue weighted by molar-refractivity contribution is 6.68. The van der Waals surface area contributed by atoms with Crippen LogP contribution in [0, 0.1) is 5.41 Å². The van der Waals surface area contributed by atoms with E-state index in [2.05, 4.69) is 56.9 Å². The van der Waals surface area contributed by atoms with Gasteiger partial charge in [0.2, 0.25) is 0 Å². The van der Waals surface area contributed by atoms with Crippen LogP contribution in [0.4, 0.5) is 0 Å². The van der Waals surface area contributed by atoms with Crippen molar-refractivity contribution in [3.63, 3.8) is 0 Å². The largest absolute Gasteiger partial charge is 0.426 e. The second-order valence-corrected chi connectivity index (χ2v) is 7.84. The van der Waals surface area contributed by atoms with Gasteiger partial charge >= 0.3 is 6.92 Å². The molecule has 22 heavy (non-hydrogen) atoms. The lowest BCUT2D eigenvalue weighted by atomic mass is 9.54. The van der Waals surface area contributed by atoms with Gasteiger partial charge in [0.1, 0.15) is 0 Å². The van der Waals surface area contributed by atoms with Gasteiger partial charge in [0.15, 0.2) is 0 Å². The van der Waals surface area contributed by atoms with Crippen LogP contribution in [-0.4, -0.2) is 43.7 Å². The Bertz CT molecular complexity index is 508. The van der Waals surface area contributed by atoms with Crippen LogP contribution in [0.15, 0.2) is 24.3 Å². The molecule has 2 heterocycles. The Hall–Kier alpha value is -0.835. The van der Waals surface area contributed by atoms with Crippen LogP contribution in [0.3, 0.4) is 0 Å². The molecule has 120 valence electrons. The maximum atomic E-state index is 6.36. The molecule has 1 aromatic carbocycles. The minimum absolute atomic E-state index is 0.0715. The first-order valence-electron chi connectivity index (χ1n) is 8.44. The first kappa shape index (κ1) is 16.0. The Kier molecular flexibility index (Phi) is 4.37. The van der Waals surface area contributed by atoms with Crippen LogP contribution in [0.1, 0.15) is 33.3 Å². The van der Waals surface area contributed by atoms with Gasteiger partial charge in [-0.15, -0.1) is 0 Å². The number of benzene rings is 1. The molecule has 4 heteroatoms. The lowest BCUT2D eigenvalue weighted by molar-refractivity contribution is 0.0341. The maximum absolute atomic E-state index is 6.36. The molecule has 0 aromatic heterocycles. The van der Waals surface area contributed by atoms with Crippen molar-refractivity contribution in [1.29, 1.82) is 0 Å². The van der Waals surface area contributed by atoms with Crippen molar-refractivity contribution in [1.82, 2.24) is 4.90 Å². The summed E-state index contributed by atoms with van der Waals surface area (Å²) in [6, 6.07) is 8.94. The molecule has 3 rings (SSSR count). The van der Waals surface area contributed by atoms with Gasteiger partial charge in [0, 0.05) is 19.6 Å². The summed E-state index contributed by atoms with van der Waals surface area (Å²) in [4.78, 5) is 2.46. The summed E-state index contributed by atoms with van der Waals surface area (Å²) >= 11 is 0. The number of hydrogen-bond acceptors (Lipinski definition) is 3. The van der Waals surface area contributed by atoms with E-state index in [-0.39, 0.29) is 17.9 Å². The van der Waals surface area contributed by atoms with E-state index in [1.54, 1.807) is 0 Å². The zero-order valence-corrected chi connectivity index (χ0v) is 14.4. The fourth-order valence-electron chi connectivity index (χ4n) is 3.36. The first-order chi connectivity index (χ1) is 10.4. The maximum Gasteiger partial charge on any atom is 0.327 e. The van der Waals surface area contributed by atoms with Crippen LogP contribution in [-0.2, 0) is 15.9 Å². The number of hydrogen-bond donors (Lipinski definition) is 0. The Labute approximate surface area is 135 Å². The van der Waals surface area contributed by atoms with E-state index >= 15 is 0 Å². The highest BCUT2D eigenvalue weighted by Gasteiger charge is 2.49. The summed E-state index contributed by atoms with van der Waals surface area (Å²) in [7, 11) is 0. The van der Waals surface area contributed by atoms with Crippen molar-refractivity contribution in [3.05, 3.63) is 29.8 Å². The van der Waals surface area contributed by atoms with E-state index in [0.717, 1.165) is 39.2 Å². The first-order valence-corrected chi connectivity index (χ1v) is 8.44. The summed E-state index contributed by atoms with van der Waals surface area (Å²) in [6.07, 6.45) is 1.08. The van der Waals surface area contributed by atoms with Gasteiger partial charge in [-0.2, -0.15) is 0 Å². The molecule has 1 aromatic rings. The Morgan fingerprint density at radius 2 is 1.86 bits per heavy atom. The predicted octanol–water partition coefficient (Wildman–Crippen LogP) is 2.55. The molecule has 0 radical (unpaired) electrons. The molecule has 2 aliphatic heterocycles. The molecule has 2 aliphatic rings. The minimum atomic E-state index is -0.0715. The molecule has 0 spiro atoms. The minimum Gasteiger partial charge on any atom is -0.426 e. The molecular formula is C18H28BNO2. The molecule has 0 aliphatic carbocycles. The van der Waals surface area contributed by atoms with Gasteiger partial charge in [-0.05, 0) is 36.6 Å². The van der Waals surface area contributed by atoms with Crippen molar-refractivity contribution >= 4 is 12.4 Å². The van der Waals surface area contributed by atoms with E-state index in [9.17, 15) is 0 Å². The lowest BCUT2D eigenvalue weighted by Crippen LogP contribution is -2.37. The zero-order chi connectivity index (χ0) is 15.8. The third kappa shape index (κ3) is 3.24. The molecule has 0 bridgehead atoms. The van der Waals surface area contributed by atoms with E-state index in [1.807, 2.05) is 0 Å². The van der Waals surface area contributed by atoms with Crippen molar-refractivity contribution in [2.75, 3.05) is 26.3 Å². The normalized spacial score (nSPS) is 24.6. The molecule has 0 saturated carbocycles. The average Bonchev–Trinajstić information content (AvgIpc) is 2.69. The second-order valence-electron chi connectivity index (χ2n) is 7.84. The second kappa shape index (κ2) is 5.99. The average molecular weight is 301 g/mol. The monoisotopic (exact) mass is 301 g/mol. The van der Waals surface area contributed by atoms with Gasteiger partial charge in [0.25, 0.3) is 0 Å². The standard InChI is InChI=1S/C18H28BNO2/c1-17(2)14-19(22-18(17,3)4)16-7-5-6-15(12-16)13-20-8-10-21-11-9-20/h5-7,12H,8-11,13-14H2,1-4H3. The van der Waals surface area contributed by atoms with E-state index in [1.165, 1.54) is 11.0 Å². The van der Waals surface area contributed by atoms with Crippen LogP contribution < -0.4 is 5.46 Å². The smallest absolute Gasteiger partial charge is 0.327 e. The van der Waals surface area contributed by atoms with Gasteiger partial charge in [-0.3, -0.25) is 4.90 Å². The van der Waals surface area contributed by atoms with Crippen LogP contribution in [0.25, 0.3) is 0 Å². The molecule has 0 amide bonds. The quantitative estimate of drug-likeness (QED) is 0.801. The molecule has 2 fully saturated rings. The molecule has 0 N–H and O–H groups in total. The summed E-state index contributed by atoms with van der Waals surface area (Å²) < 4.78 is 11.8. The molecule has 2 saturated heterocycles. The molecule has 0 atom stereocenters. The third-order valence-corrected chi connectivity index (χ3v) is 5.60. The molecule has 0 unspecified atom stereocenters. The molecular weight excluding hydrogens is 273 g/mol. The van der Waals surface area contributed by atoms with Gasteiger partial charge in [-0.25, -0.2) is 0 Å². The van der Waals surface area contributed by atoms with Gasteiger partial charge in [-0.1, -0.05) is 38.1 Å². The number of ether oxygens (including phenoxy) is 1. The molecule has 3 nitrogen and oxygen atoms in total. The summed E-state index contributed by atoms with van der Waals surface area (Å²) in [5.74, 6) is 0. The van der Waals surface area contributed by atoms with Crippen molar-refractivity contribution in [2.24, 2.45) is 5.41 Å². The summed E-state index contributed by atoms with van der Waals surface area (Å²) in [6.45, 7) is 14.0. The summed E-state index contributed by atoms with van der Waals surface area (Å²) in [5.41, 5.74) is 2.84. The van der Waals surface area contributed by atoms with E-state index in [4.69, 9.17) is 9.39 Å².